The van der Waals surface area contributed by atoms with Gasteiger partial charge in [0.1, 0.15) is 5.75 Å². The third-order valence-electron chi connectivity index (χ3n) is 7.60. The molecular formula is C39H28NOP. The summed E-state index contributed by atoms with van der Waals surface area (Å²) in [6.45, 7) is 0. The molecule has 0 aliphatic carbocycles. The summed E-state index contributed by atoms with van der Waals surface area (Å²) in [5.41, 5.74) is 3.42. The van der Waals surface area contributed by atoms with Gasteiger partial charge in [-0.1, -0.05) is 140 Å². The summed E-state index contributed by atoms with van der Waals surface area (Å²) in [5, 5.41) is 19.9. The lowest BCUT2D eigenvalue weighted by Gasteiger charge is -2.20. The van der Waals surface area contributed by atoms with E-state index in [0.717, 1.165) is 38.4 Å². The van der Waals surface area contributed by atoms with Crippen LogP contribution in [0.5, 0.6) is 5.75 Å². The number of hydrogen-bond acceptors (Lipinski definition) is 2. The van der Waals surface area contributed by atoms with Crippen LogP contribution in [-0.4, -0.2) is 11.3 Å². The zero-order valence-electron chi connectivity index (χ0n) is 22.9. The van der Waals surface area contributed by atoms with Crippen LogP contribution in [0.4, 0.5) is 5.69 Å². The molecule has 0 aliphatic heterocycles. The molecule has 0 amide bonds. The Morgan fingerprint density at radius 2 is 1.07 bits per heavy atom. The molecule has 0 saturated carbocycles. The predicted molar refractivity (Wildman–Crippen MR) is 181 cm³/mol. The van der Waals surface area contributed by atoms with Crippen LogP contribution in [-0.2, 0) is 0 Å². The molecule has 0 bridgehead atoms. The highest BCUT2D eigenvalue weighted by molar-refractivity contribution is 7.80. The Labute approximate surface area is 247 Å². The summed E-state index contributed by atoms with van der Waals surface area (Å²) < 4.78 is 0. The molecule has 42 heavy (non-hydrogen) atoms. The first-order chi connectivity index (χ1) is 20.8. The highest BCUT2D eigenvalue weighted by Crippen LogP contribution is 2.41. The Hall–Kier alpha value is -5.04. The fourth-order valence-electron chi connectivity index (χ4n) is 5.65. The summed E-state index contributed by atoms with van der Waals surface area (Å²) in [6.07, 6.45) is 1.80. The van der Waals surface area contributed by atoms with E-state index >= 15 is 0 Å². The minimum absolute atomic E-state index is 0.230. The van der Waals surface area contributed by atoms with Gasteiger partial charge in [0.05, 0.1) is 5.69 Å². The number of phenolic OH excluding ortho intramolecular Hbond substituents is 1. The quantitative estimate of drug-likeness (QED) is 0.124. The van der Waals surface area contributed by atoms with E-state index in [1.165, 1.54) is 15.9 Å². The lowest BCUT2D eigenvalue weighted by Crippen LogP contribution is -2.20. The summed E-state index contributed by atoms with van der Waals surface area (Å²) in [6, 6.07) is 54.5. The summed E-state index contributed by atoms with van der Waals surface area (Å²) in [7, 11) is -0.813. The van der Waals surface area contributed by atoms with Crippen molar-refractivity contribution in [2.24, 2.45) is 4.99 Å². The van der Waals surface area contributed by atoms with Crippen molar-refractivity contribution in [3.63, 3.8) is 0 Å². The average molecular weight is 558 g/mol. The Kier molecular flexibility index (Phi) is 7.06. The van der Waals surface area contributed by atoms with Gasteiger partial charge in [-0.2, -0.15) is 0 Å². The number of aliphatic imine (C=N–C) groups is 1. The van der Waals surface area contributed by atoms with Gasteiger partial charge in [0, 0.05) is 28.2 Å². The van der Waals surface area contributed by atoms with Crippen molar-refractivity contribution in [2.75, 3.05) is 0 Å². The fraction of sp³-hybridized carbons (Fsp3) is 0. The van der Waals surface area contributed by atoms with Crippen molar-refractivity contribution < 1.29 is 5.11 Å². The van der Waals surface area contributed by atoms with E-state index < -0.39 is 7.92 Å². The van der Waals surface area contributed by atoms with Gasteiger partial charge in [-0.3, -0.25) is 4.99 Å². The predicted octanol–water partition coefficient (Wildman–Crippen LogP) is 8.87. The van der Waals surface area contributed by atoms with Gasteiger partial charge in [0.25, 0.3) is 0 Å². The molecule has 0 unspecified atom stereocenters. The number of phenols is 1. The average Bonchev–Trinajstić information content (AvgIpc) is 3.05. The van der Waals surface area contributed by atoms with Crippen LogP contribution in [0.1, 0.15) is 5.56 Å². The highest BCUT2D eigenvalue weighted by Gasteiger charge is 2.19. The second-order valence-corrected chi connectivity index (χ2v) is 12.4. The first kappa shape index (κ1) is 25.9. The van der Waals surface area contributed by atoms with Crippen molar-refractivity contribution in [1.82, 2.24) is 0 Å². The largest absolute Gasteiger partial charge is 0.507 e. The van der Waals surface area contributed by atoms with Crippen molar-refractivity contribution in [3.8, 4) is 16.9 Å². The Bertz CT molecular complexity index is 1960. The van der Waals surface area contributed by atoms with Crippen LogP contribution in [0.2, 0.25) is 0 Å². The van der Waals surface area contributed by atoms with Crippen LogP contribution in [0.25, 0.3) is 32.7 Å². The molecule has 0 saturated heterocycles. The lowest BCUT2D eigenvalue weighted by atomic mass is 9.91. The summed E-state index contributed by atoms with van der Waals surface area (Å²) in [5.74, 6) is 0.230. The minimum atomic E-state index is -0.813. The van der Waals surface area contributed by atoms with E-state index in [-0.39, 0.29) is 5.75 Å². The van der Waals surface area contributed by atoms with Gasteiger partial charge < -0.3 is 5.11 Å². The fourth-order valence-corrected chi connectivity index (χ4v) is 8.05. The highest BCUT2D eigenvalue weighted by atomic mass is 31.1. The molecule has 0 radical (unpaired) electrons. The smallest absolute Gasteiger partial charge is 0.132 e. The molecule has 1 N–H and O–H groups in total. The maximum atomic E-state index is 11.7. The molecule has 0 fully saturated rings. The molecule has 7 aromatic rings. The maximum absolute atomic E-state index is 11.7. The van der Waals surface area contributed by atoms with Crippen LogP contribution in [0, 0.1) is 0 Å². The number of fused-ring (bicyclic) bond motifs is 2. The molecule has 7 rings (SSSR count). The Balaban J connectivity index is 1.35. The maximum Gasteiger partial charge on any atom is 0.132 e. The molecule has 3 heteroatoms. The van der Waals surface area contributed by atoms with Gasteiger partial charge in [0.15, 0.2) is 0 Å². The zero-order valence-corrected chi connectivity index (χ0v) is 23.8. The number of rotatable bonds is 6. The number of para-hydroxylation sites is 2. The first-order valence-electron chi connectivity index (χ1n) is 14.0. The number of benzene rings is 7. The van der Waals surface area contributed by atoms with E-state index in [2.05, 4.69) is 133 Å². The monoisotopic (exact) mass is 557 g/mol. The second kappa shape index (κ2) is 11.4. The Morgan fingerprint density at radius 3 is 1.71 bits per heavy atom. The van der Waals surface area contributed by atoms with E-state index in [9.17, 15) is 5.11 Å². The third-order valence-corrected chi connectivity index (χ3v) is 10.1. The SMILES string of the molecule is Oc1c(/C=N/c2ccccc2P(c2ccccc2)c2ccccc2)cccc1-c1c2ccccc2cc2ccccc12. The third kappa shape index (κ3) is 4.87. The van der Waals surface area contributed by atoms with Crippen molar-refractivity contribution in [2.45, 2.75) is 0 Å². The normalized spacial score (nSPS) is 11.5. The molecule has 0 aromatic heterocycles. The van der Waals surface area contributed by atoms with Crippen LogP contribution >= 0.6 is 7.92 Å². The number of hydrogen-bond donors (Lipinski definition) is 1. The lowest BCUT2D eigenvalue weighted by molar-refractivity contribution is 0.476. The minimum Gasteiger partial charge on any atom is -0.507 e. The van der Waals surface area contributed by atoms with Gasteiger partial charge in [0.2, 0.25) is 0 Å². The zero-order chi connectivity index (χ0) is 28.3. The van der Waals surface area contributed by atoms with Crippen molar-refractivity contribution in [3.05, 3.63) is 163 Å². The van der Waals surface area contributed by atoms with E-state index in [0.29, 0.717) is 5.56 Å². The van der Waals surface area contributed by atoms with Gasteiger partial charge in [-0.15, -0.1) is 0 Å². The summed E-state index contributed by atoms with van der Waals surface area (Å²) >= 11 is 0. The van der Waals surface area contributed by atoms with E-state index in [1.807, 2.05) is 24.3 Å². The number of nitrogens with zero attached hydrogens (tertiary/aromatic N) is 1. The van der Waals surface area contributed by atoms with Gasteiger partial charge in [-0.25, -0.2) is 0 Å². The molecule has 0 aliphatic rings. The van der Waals surface area contributed by atoms with Crippen LogP contribution in [0.3, 0.4) is 0 Å². The van der Waals surface area contributed by atoms with Gasteiger partial charge in [-0.05, 0) is 58.3 Å². The molecule has 0 spiro atoms. The molecule has 0 atom stereocenters. The first-order valence-corrected chi connectivity index (χ1v) is 15.4. The van der Waals surface area contributed by atoms with Crippen molar-refractivity contribution in [1.29, 1.82) is 0 Å². The molecule has 2 nitrogen and oxygen atoms in total. The second-order valence-electron chi connectivity index (χ2n) is 10.2. The Morgan fingerprint density at radius 1 is 0.524 bits per heavy atom. The number of aromatic hydroxyl groups is 1. The molecule has 0 heterocycles. The topological polar surface area (TPSA) is 32.6 Å². The molecule has 7 aromatic carbocycles. The molecular weight excluding hydrogens is 529 g/mol. The van der Waals surface area contributed by atoms with Crippen LogP contribution < -0.4 is 15.9 Å². The van der Waals surface area contributed by atoms with Gasteiger partial charge >= 0.3 is 0 Å². The standard InChI is InChI=1S/C39H28NOP/c41-39-30(16-13-23-35(39)38-33-21-9-7-14-28(33)26-29-15-8-10-22-34(29)38)27-40-36-24-11-12-25-37(36)42(31-17-3-1-4-18-31)32-19-5-2-6-20-32/h1-27,41H/b40-27+. The van der Waals surface area contributed by atoms with E-state index in [4.69, 9.17) is 4.99 Å². The van der Waals surface area contributed by atoms with Crippen molar-refractivity contribution >= 4 is 57.3 Å². The molecule has 200 valence electrons. The summed E-state index contributed by atoms with van der Waals surface area (Å²) in [4.78, 5) is 5.00. The van der Waals surface area contributed by atoms with Crippen LogP contribution in [0.15, 0.2) is 163 Å². The van der Waals surface area contributed by atoms with E-state index in [1.54, 1.807) is 6.21 Å².